The van der Waals surface area contributed by atoms with Crippen LogP contribution in [0.1, 0.15) is 19.4 Å². The van der Waals surface area contributed by atoms with Crippen LogP contribution in [0.3, 0.4) is 0 Å². The van der Waals surface area contributed by atoms with Crippen LogP contribution in [-0.2, 0) is 6.42 Å². The number of benzene rings is 1. The molecule has 0 aliphatic rings. The van der Waals surface area contributed by atoms with E-state index in [2.05, 4.69) is 11.9 Å². The maximum absolute atomic E-state index is 5.96. The molecule has 0 saturated carbocycles. The molecule has 4 heteroatoms. The Morgan fingerprint density at radius 1 is 1.11 bits per heavy atom. The Labute approximate surface area is 113 Å². The Balaban J connectivity index is 2.18. The largest absolute Gasteiger partial charge is 0.478 e. The van der Waals surface area contributed by atoms with Crippen molar-refractivity contribution in [1.29, 1.82) is 0 Å². The third-order valence-corrected chi connectivity index (χ3v) is 2.69. The first kappa shape index (κ1) is 13.2. The van der Waals surface area contributed by atoms with Crippen molar-refractivity contribution in [2.45, 2.75) is 20.3 Å². The number of hydrogen-bond donors (Lipinski definition) is 1. The van der Waals surface area contributed by atoms with Crippen LogP contribution in [0, 0.1) is 0 Å². The van der Waals surface area contributed by atoms with E-state index >= 15 is 0 Å². The van der Waals surface area contributed by atoms with E-state index in [4.69, 9.17) is 15.2 Å². The molecular weight excluding hydrogens is 240 g/mol. The minimum absolute atomic E-state index is 0.474. The van der Waals surface area contributed by atoms with Crippen LogP contribution in [0.25, 0.3) is 0 Å². The number of aromatic nitrogens is 1. The van der Waals surface area contributed by atoms with Crippen molar-refractivity contribution < 1.29 is 9.47 Å². The van der Waals surface area contributed by atoms with E-state index in [1.54, 1.807) is 12.1 Å². The van der Waals surface area contributed by atoms with Crippen molar-refractivity contribution in [3.8, 4) is 17.5 Å². The van der Waals surface area contributed by atoms with Gasteiger partial charge in [0.15, 0.2) is 5.75 Å². The van der Waals surface area contributed by atoms with E-state index < -0.39 is 0 Å². The predicted molar refractivity (Wildman–Crippen MR) is 75.7 cm³/mol. The molecule has 0 aliphatic carbocycles. The fourth-order valence-electron chi connectivity index (χ4n) is 1.70. The summed E-state index contributed by atoms with van der Waals surface area (Å²) >= 11 is 0. The Morgan fingerprint density at radius 2 is 1.89 bits per heavy atom. The van der Waals surface area contributed by atoms with E-state index in [0.29, 0.717) is 29.8 Å². The highest BCUT2D eigenvalue weighted by atomic mass is 16.5. The average molecular weight is 258 g/mol. The SMILES string of the molecule is CCOc1cccc(Oc2ccc(CC)cc2N)n1. The first-order chi connectivity index (χ1) is 9.22. The minimum Gasteiger partial charge on any atom is -0.478 e. The van der Waals surface area contributed by atoms with Gasteiger partial charge >= 0.3 is 0 Å². The smallest absolute Gasteiger partial charge is 0.222 e. The molecular formula is C15H18N2O2. The molecule has 1 aromatic carbocycles. The molecule has 2 aromatic rings. The van der Waals surface area contributed by atoms with Crippen molar-refractivity contribution in [2.24, 2.45) is 0 Å². The Morgan fingerprint density at radius 3 is 2.58 bits per heavy atom. The summed E-state index contributed by atoms with van der Waals surface area (Å²) in [6, 6.07) is 11.2. The molecule has 19 heavy (non-hydrogen) atoms. The van der Waals surface area contributed by atoms with Gasteiger partial charge in [-0.1, -0.05) is 19.1 Å². The summed E-state index contributed by atoms with van der Waals surface area (Å²) in [5.41, 5.74) is 7.75. The Kier molecular flexibility index (Phi) is 4.23. The van der Waals surface area contributed by atoms with Gasteiger partial charge in [0, 0.05) is 12.1 Å². The number of rotatable bonds is 5. The summed E-state index contributed by atoms with van der Waals surface area (Å²) in [6.07, 6.45) is 0.947. The zero-order valence-corrected chi connectivity index (χ0v) is 11.2. The third-order valence-electron chi connectivity index (χ3n) is 2.69. The summed E-state index contributed by atoms with van der Waals surface area (Å²) in [7, 11) is 0. The van der Waals surface area contributed by atoms with Gasteiger partial charge in [-0.2, -0.15) is 4.98 Å². The fraction of sp³-hybridized carbons (Fsp3) is 0.267. The van der Waals surface area contributed by atoms with Crippen molar-refractivity contribution in [3.05, 3.63) is 42.0 Å². The van der Waals surface area contributed by atoms with Crippen molar-refractivity contribution in [1.82, 2.24) is 4.98 Å². The van der Waals surface area contributed by atoms with Crippen LogP contribution in [-0.4, -0.2) is 11.6 Å². The first-order valence-corrected chi connectivity index (χ1v) is 6.39. The Hall–Kier alpha value is -2.23. The molecule has 0 bridgehead atoms. The number of nitrogens with zero attached hydrogens (tertiary/aromatic N) is 1. The van der Waals surface area contributed by atoms with Crippen LogP contribution >= 0.6 is 0 Å². The van der Waals surface area contributed by atoms with Gasteiger partial charge in [0.25, 0.3) is 0 Å². The summed E-state index contributed by atoms with van der Waals surface area (Å²) in [5, 5.41) is 0. The van der Waals surface area contributed by atoms with E-state index in [9.17, 15) is 0 Å². The fourth-order valence-corrected chi connectivity index (χ4v) is 1.70. The van der Waals surface area contributed by atoms with Gasteiger partial charge in [0.2, 0.25) is 11.8 Å². The van der Waals surface area contributed by atoms with E-state index in [-0.39, 0.29) is 0 Å². The second-order valence-corrected chi connectivity index (χ2v) is 4.07. The number of ether oxygens (including phenoxy) is 2. The van der Waals surface area contributed by atoms with Crippen LogP contribution in [0.2, 0.25) is 0 Å². The molecule has 1 heterocycles. The molecule has 100 valence electrons. The topological polar surface area (TPSA) is 57.4 Å². The molecule has 0 amide bonds. The maximum atomic E-state index is 5.96. The minimum atomic E-state index is 0.474. The number of anilines is 1. The monoisotopic (exact) mass is 258 g/mol. The number of aryl methyl sites for hydroxylation is 1. The van der Waals surface area contributed by atoms with Crippen LogP contribution in [0.15, 0.2) is 36.4 Å². The van der Waals surface area contributed by atoms with Crippen LogP contribution in [0.4, 0.5) is 5.69 Å². The van der Waals surface area contributed by atoms with Crippen LogP contribution in [0.5, 0.6) is 17.5 Å². The third kappa shape index (κ3) is 3.37. The lowest BCUT2D eigenvalue weighted by Crippen LogP contribution is -1.97. The van der Waals surface area contributed by atoms with Gasteiger partial charge < -0.3 is 15.2 Å². The number of hydrogen-bond acceptors (Lipinski definition) is 4. The molecule has 1 aromatic heterocycles. The average Bonchev–Trinajstić information content (AvgIpc) is 2.42. The zero-order valence-electron chi connectivity index (χ0n) is 11.2. The van der Waals surface area contributed by atoms with E-state index in [1.807, 2.05) is 31.2 Å². The first-order valence-electron chi connectivity index (χ1n) is 6.39. The van der Waals surface area contributed by atoms with Gasteiger partial charge in [0.05, 0.1) is 12.3 Å². The van der Waals surface area contributed by atoms with Crippen molar-refractivity contribution >= 4 is 5.69 Å². The van der Waals surface area contributed by atoms with Gasteiger partial charge in [-0.05, 0) is 31.0 Å². The normalized spacial score (nSPS) is 10.2. The summed E-state index contributed by atoms with van der Waals surface area (Å²) in [4.78, 5) is 4.24. The lowest BCUT2D eigenvalue weighted by Gasteiger charge is -2.10. The molecule has 0 aliphatic heterocycles. The lowest BCUT2D eigenvalue weighted by atomic mass is 10.1. The molecule has 0 spiro atoms. The van der Waals surface area contributed by atoms with Gasteiger partial charge in [-0.3, -0.25) is 0 Å². The molecule has 4 nitrogen and oxygen atoms in total. The summed E-state index contributed by atoms with van der Waals surface area (Å²) in [6.45, 7) is 4.57. The number of nitrogens with two attached hydrogens (primary N) is 1. The van der Waals surface area contributed by atoms with Crippen molar-refractivity contribution in [3.63, 3.8) is 0 Å². The van der Waals surface area contributed by atoms with E-state index in [0.717, 1.165) is 6.42 Å². The second-order valence-electron chi connectivity index (χ2n) is 4.07. The Bertz CT molecular complexity index is 556. The molecule has 0 unspecified atom stereocenters. The summed E-state index contributed by atoms with van der Waals surface area (Å²) in [5.74, 6) is 1.63. The quantitative estimate of drug-likeness (QED) is 0.835. The standard InChI is InChI=1S/C15H18N2O2/c1-3-11-8-9-13(12(16)10-11)19-15-7-5-6-14(17-15)18-4-2/h5-10H,3-4,16H2,1-2H3. The van der Waals surface area contributed by atoms with Gasteiger partial charge in [-0.15, -0.1) is 0 Å². The highest BCUT2D eigenvalue weighted by Crippen LogP contribution is 2.28. The van der Waals surface area contributed by atoms with Gasteiger partial charge in [0.1, 0.15) is 0 Å². The molecule has 0 atom stereocenters. The van der Waals surface area contributed by atoms with Crippen LogP contribution < -0.4 is 15.2 Å². The number of pyridine rings is 1. The maximum Gasteiger partial charge on any atom is 0.222 e. The molecule has 0 radical (unpaired) electrons. The zero-order chi connectivity index (χ0) is 13.7. The highest BCUT2D eigenvalue weighted by molar-refractivity contribution is 5.55. The molecule has 0 saturated heterocycles. The molecule has 0 fully saturated rings. The molecule has 2 rings (SSSR count). The summed E-state index contributed by atoms with van der Waals surface area (Å²) < 4.78 is 11.0. The molecule has 2 N–H and O–H groups in total. The second kappa shape index (κ2) is 6.09. The number of nitrogen functional groups attached to an aromatic ring is 1. The lowest BCUT2D eigenvalue weighted by molar-refractivity contribution is 0.321. The van der Waals surface area contributed by atoms with E-state index in [1.165, 1.54) is 5.56 Å². The van der Waals surface area contributed by atoms with Crippen molar-refractivity contribution in [2.75, 3.05) is 12.3 Å². The predicted octanol–water partition coefficient (Wildman–Crippen LogP) is 3.42. The van der Waals surface area contributed by atoms with Gasteiger partial charge in [-0.25, -0.2) is 0 Å². The highest BCUT2D eigenvalue weighted by Gasteiger charge is 2.05.